The Morgan fingerprint density at radius 3 is 2.40 bits per heavy atom. The molecule has 0 saturated carbocycles. The van der Waals surface area contributed by atoms with E-state index in [0.717, 1.165) is 5.69 Å². The zero-order valence-corrected chi connectivity index (χ0v) is 15.4. The number of carbonyl (C=O) groups is 1. The highest BCUT2D eigenvalue weighted by atomic mass is 19.1. The smallest absolute Gasteiger partial charge is 0.254 e. The number of carbonyl (C=O) groups excluding carboxylic acids is 1. The van der Waals surface area contributed by atoms with E-state index in [0.29, 0.717) is 11.3 Å². The van der Waals surface area contributed by atoms with Crippen molar-refractivity contribution in [1.82, 2.24) is 15.1 Å². The summed E-state index contributed by atoms with van der Waals surface area (Å²) in [5.41, 5.74) is 1.58. The summed E-state index contributed by atoms with van der Waals surface area (Å²) in [4.78, 5) is 12.6. The van der Waals surface area contributed by atoms with Crippen LogP contribution < -0.4 is 5.32 Å². The van der Waals surface area contributed by atoms with Crippen LogP contribution in [0.1, 0.15) is 56.6 Å². The number of benzene rings is 1. The van der Waals surface area contributed by atoms with E-state index in [9.17, 15) is 14.3 Å². The highest BCUT2D eigenvalue weighted by Gasteiger charge is 2.25. The summed E-state index contributed by atoms with van der Waals surface area (Å²) in [7, 11) is 0. The zero-order valence-electron chi connectivity index (χ0n) is 15.4. The lowest BCUT2D eigenvalue weighted by Gasteiger charge is -2.25. The van der Waals surface area contributed by atoms with Crippen LogP contribution >= 0.6 is 0 Å². The third-order valence-electron chi connectivity index (χ3n) is 4.12. The second-order valence-corrected chi connectivity index (χ2v) is 7.58. The summed E-state index contributed by atoms with van der Waals surface area (Å²) in [5.74, 6) is -0.558. The van der Waals surface area contributed by atoms with E-state index >= 15 is 0 Å². The Kier molecular flexibility index (Phi) is 5.62. The molecule has 1 amide bonds. The third-order valence-corrected chi connectivity index (χ3v) is 4.12. The Morgan fingerprint density at radius 1 is 1.28 bits per heavy atom. The van der Waals surface area contributed by atoms with Gasteiger partial charge in [0.25, 0.3) is 5.91 Å². The van der Waals surface area contributed by atoms with E-state index in [-0.39, 0.29) is 29.6 Å². The average molecular weight is 347 g/mol. The van der Waals surface area contributed by atoms with Gasteiger partial charge in [0, 0.05) is 6.54 Å². The molecule has 0 saturated heterocycles. The molecule has 1 heterocycles. The van der Waals surface area contributed by atoms with Crippen molar-refractivity contribution >= 4 is 5.91 Å². The summed E-state index contributed by atoms with van der Waals surface area (Å²) in [5, 5.41) is 17.2. The first-order valence-corrected chi connectivity index (χ1v) is 8.41. The number of nitrogens with zero attached hydrogens (tertiary/aromatic N) is 2. The van der Waals surface area contributed by atoms with Gasteiger partial charge in [-0.15, -0.1) is 0 Å². The zero-order chi connectivity index (χ0) is 18.8. The van der Waals surface area contributed by atoms with E-state index in [1.165, 1.54) is 18.3 Å². The minimum atomic E-state index is -0.647. The summed E-state index contributed by atoms with van der Waals surface area (Å²) >= 11 is 0. The second-order valence-electron chi connectivity index (χ2n) is 7.58. The quantitative estimate of drug-likeness (QED) is 0.872. The molecule has 1 aromatic carbocycles. The Bertz CT molecular complexity index is 730. The summed E-state index contributed by atoms with van der Waals surface area (Å²) in [6.07, 6.45) is 0.864. The number of amides is 1. The van der Waals surface area contributed by atoms with Crippen molar-refractivity contribution < 1.29 is 14.3 Å². The fraction of sp³-hybridized carbons (Fsp3) is 0.474. The van der Waals surface area contributed by atoms with Crippen molar-refractivity contribution in [2.45, 2.75) is 46.6 Å². The van der Waals surface area contributed by atoms with Crippen molar-refractivity contribution in [1.29, 1.82) is 0 Å². The van der Waals surface area contributed by atoms with Gasteiger partial charge in [0.2, 0.25) is 0 Å². The van der Waals surface area contributed by atoms with Crippen LogP contribution in [0.3, 0.4) is 0 Å². The predicted molar refractivity (Wildman–Crippen MR) is 95.4 cm³/mol. The highest BCUT2D eigenvalue weighted by molar-refractivity contribution is 5.95. The largest absolute Gasteiger partial charge is 0.391 e. The number of aromatic nitrogens is 2. The summed E-state index contributed by atoms with van der Waals surface area (Å²) in [6.45, 7) is 9.85. The molecule has 0 aliphatic rings. The van der Waals surface area contributed by atoms with Gasteiger partial charge in [0.15, 0.2) is 0 Å². The number of aliphatic hydroxyl groups excluding tert-OH is 1. The van der Waals surface area contributed by atoms with Gasteiger partial charge < -0.3 is 10.4 Å². The summed E-state index contributed by atoms with van der Waals surface area (Å²) < 4.78 is 14.8. The first kappa shape index (κ1) is 19.1. The van der Waals surface area contributed by atoms with Crippen LogP contribution in [0.15, 0.2) is 30.5 Å². The van der Waals surface area contributed by atoms with Gasteiger partial charge in [-0.25, -0.2) is 9.07 Å². The number of hydrogen-bond donors (Lipinski definition) is 2. The van der Waals surface area contributed by atoms with Crippen LogP contribution in [-0.2, 0) is 0 Å². The molecule has 2 aromatic rings. The molecule has 0 fully saturated rings. The van der Waals surface area contributed by atoms with Crippen LogP contribution in [0.5, 0.6) is 0 Å². The van der Waals surface area contributed by atoms with Gasteiger partial charge >= 0.3 is 0 Å². The SMILES string of the molecule is CC(C)c1c(C(=O)NCC(O)C(C)(C)C)cnn1-c1ccc(F)cc1. The van der Waals surface area contributed by atoms with Crippen LogP contribution in [0.4, 0.5) is 4.39 Å². The third kappa shape index (κ3) is 4.45. The molecule has 0 aliphatic carbocycles. The second kappa shape index (κ2) is 7.35. The van der Waals surface area contributed by atoms with Gasteiger partial charge in [0.05, 0.1) is 29.2 Å². The molecule has 2 N–H and O–H groups in total. The molecular weight excluding hydrogens is 321 g/mol. The lowest BCUT2D eigenvalue weighted by atomic mass is 9.89. The summed E-state index contributed by atoms with van der Waals surface area (Å²) in [6, 6.07) is 5.97. The first-order chi connectivity index (χ1) is 11.6. The molecule has 1 aromatic heterocycles. The number of hydrogen-bond acceptors (Lipinski definition) is 3. The highest BCUT2D eigenvalue weighted by Crippen LogP contribution is 2.24. The Morgan fingerprint density at radius 2 is 1.88 bits per heavy atom. The van der Waals surface area contributed by atoms with Crippen LogP contribution in [0.2, 0.25) is 0 Å². The molecule has 1 atom stereocenters. The van der Waals surface area contributed by atoms with Crippen molar-refractivity contribution in [2.24, 2.45) is 5.41 Å². The molecule has 2 rings (SSSR count). The molecule has 6 heteroatoms. The fourth-order valence-corrected chi connectivity index (χ4v) is 2.47. The molecule has 0 aliphatic heterocycles. The normalized spacial score (nSPS) is 13.1. The van der Waals surface area contributed by atoms with Crippen molar-refractivity contribution in [3.05, 3.63) is 47.5 Å². The molecular formula is C19H26FN3O2. The molecule has 0 radical (unpaired) electrons. The van der Waals surface area contributed by atoms with Gasteiger partial charge in [-0.1, -0.05) is 34.6 Å². The lowest BCUT2D eigenvalue weighted by Crippen LogP contribution is -2.39. The van der Waals surface area contributed by atoms with Crippen LogP contribution in [0.25, 0.3) is 5.69 Å². The monoisotopic (exact) mass is 347 g/mol. The van der Waals surface area contributed by atoms with Crippen molar-refractivity contribution in [3.63, 3.8) is 0 Å². The van der Waals surface area contributed by atoms with Gasteiger partial charge in [-0.05, 0) is 35.6 Å². The Labute approximate surface area is 147 Å². The van der Waals surface area contributed by atoms with Gasteiger partial charge in [-0.3, -0.25) is 4.79 Å². The van der Waals surface area contributed by atoms with E-state index in [1.807, 2.05) is 34.6 Å². The molecule has 0 spiro atoms. The fourth-order valence-electron chi connectivity index (χ4n) is 2.47. The standard InChI is InChI=1S/C19H26FN3O2/c1-12(2)17-15(18(25)21-11-16(24)19(3,4)5)10-22-23(17)14-8-6-13(20)7-9-14/h6-10,12,16,24H,11H2,1-5H3,(H,21,25). The number of halogens is 1. The minimum Gasteiger partial charge on any atom is -0.391 e. The van der Waals surface area contributed by atoms with E-state index < -0.39 is 6.10 Å². The maximum Gasteiger partial charge on any atom is 0.254 e. The number of rotatable bonds is 5. The van der Waals surface area contributed by atoms with Crippen molar-refractivity contribution in [2.75, 3.05) is 6.54 Å². The Balaban J connectivity index is 2.27. The molecule has 0 bridgehead atoms. The van der Waals surface area contributed by atoms with Crippen molar-refractivity contribution in [3.8, 4) is 5.69 Å². The number of aliphatic hydroxyl groups is 1. The van der Waals surface area contributed by atoms with E-state index in [1.54, 1.807) is 16.8 Å². The lowest BCUT2D eigenvalue weighted by molar-refractivity contribution is 0.0586. The Hall–Kier alpha value is -2.21. The average Bonchev–Trinajstić information content (AvgIpc) is 2.97. The number of nitrogens with one attached hydrogen (secondary N) is 1. The van der Waals surface area contributed by atoms with Gasteiger partial charge in [0.1, 0.15) is 5.82 Å². The maximum atomic E-state index is 13.1. The predicted octanol–water partition coefficient (Wildman–Crippen LogP) is 3.27. The van der Waals surface area contributed by atoms with Gasteiger partial charge in [-0.2, -0.15) is 5.10 Å². The first-order valence-electron chi connectivity index (χ1n) is 8.41. The van der Waals surface area contributed by atoms with Crippen LogP contribution in [-0.4, -0.2) is 33.4 Å². The molecule has 5 nitrogen and oxygen atoms in total. The minimum absolute atomic E-state index is 0.0424. The molecule has 1 unspecified atom stereocenters. The van der Waals surface area contributed by atoms with E-state index in [2.05, 4.69) is 10.4 Å². The van der Waals surface area contributed by atoms with Crippen LogP contribution in [0, 0.1) is 11.2 Å². The molecule has 25 heavy (non-hydrogen) atoms. The topological polar surface area (TPSA) is 67.2 Å². The molecule has 136 valence electrons. The van der Waals surface area contributed by atoms with E-state index in [4.69, 9.17) is 0 Å². The maximum absolute atomic E-state index is 13.1.